The summed E-state index contributed by atoms with van der Waals surface area (Å²) < 4.78 is 11.4. The van der Waals surface area contributed by atoms with E-state index in [0.717, 1.165) is 12.8 Å². The minimum absolute atomic E-state index is 0.00826. The number of rotatable bonds is 5. The van der Waals surface area contributed by atoms with Crippen LogP contribution in [0.4, 0.5) is 10.5 Å². The standard InChI is InChI=1S/C26H32N2O3/c1-30-24-13-6-5-11-21(24)27-26(29)31-25-17-19-16-20(25)22-12-7-8-14-28(22)23(19)15-18-9-3-2-4-10-18/h2-6,9-11,13,19-20,22-23,25H,7-8,12,14-17H2,1H3,(H,27,29)/t19?,20?,22-,23+,25?/m1/s1. The largest absolute Gasteiger partial charge is 0.495 e. The second kappa shape index (κ2) is 8.91. The maximum Gasteiger partial charge on any atom is 0.412 e. The fourth-order valence-electron chi connectivity index (χ4n) is 6.21. The van der Waals surface area contributed by atoms with Crippen molar-refractivity contribution in [1.29, 1.82) is 0 Å². The van der Waals surface area contributed by atoms with Crippen molar-refractivity contribution in [2.45, 2.75) is 56.7 Å². The van der Waals surface area contributed by atoms with Gasteiger partial charge in [-0.05, 0) is 62.3 Å². The van der Waals surface area contributed by atoms with Gasteiger partial charge in [-0.1, -0.05) is 48.9 Å². The van der Waals surface area contributed by atoms with Crippen molar-refractivity contribution in [2.75, 3.05) is 19.0 Å². The Morgan fingerprint density at radius 1 is 1.06 bits per heavy atom. The molecular formula is C26H32N2O3. The van der Waals surface area contributed by atoms with E-state index < -0.39 is 0 Å². The highest BCUT2D eigenvalue weighted by atomic mass is 16.6. The number of benzene rings is 2. The highest BCUT2D eigenvalue weighted by Crippen LogP contribution is 2.49. The van der Waals surface area contributed by atoms with Gasteiger partial charge in [-0.15, -0.1) is 0 Å². The monoisotopic (exact) mass is 420 g/mol. The van der Waals surface area contributed by atoms with Crippen LogP contribution in [0.1, 0.15) is 37.7 Å². The predicted octanol–water partition coefficient (Wildman–Crippen LogP) is 5.12. The number of ether oxygens (including phenoxy) is 2. The zero-order valence-electron chi connectivity index (χ0n) is 18.2. The molecule has 5 nitrogen and oxygen atoms in total. The maximum absolute atomic E-state index is 12.8. The summed E-state index contributed by atoms with van der Waals surface area (Å²) in [6, 6.07) is 19.4. The summed E-state index contributed by atoms with van der Waals surface area (Å²) in [6.07, 6.45) is 6.63. The van der Waals surface area contributed by atoms with Crippen LogP contribution in [0.25, 0.3) is 0 Å². The molecule has 5 heteroatoms. The zero-order chi connectivity index (χ0) is 21.2. The van der Waals surface area contributed by atoms with Crippen LogP contribution in [0.3, 0.4) is 0 Å². The first-order valence-corrected chi connectivity index (χ1v) is 11.6. The molecule has 1 aliphatic carbocycles. The molecule has 5 rings (SSSR count). The van der Waals surface area contributed by atoms with Crippen LogP contribution < -0.4 is 10.1 Å². The Kier molecular flexibility index (Phi) is 5.86. The van der Waals surface area contributed by atoms with Gasteiger partial charge in [0.15, 0.2) is 0 Å². The number of carbonyl (C=O) groups is 1. The molecule has 2 saturated heterocycles. The summed E-state index contributed by atoms with van der Waals surface area (Å²) >= 11 is 0. The number of carbonyl (C=O) groups excluding carboxylic acids is 1. The molecule has 2 heterocycles. The third kappa shape index (κ3) is 4.16. The number of nitrogens with zero attached hydrogens (tertiary/aromatic N) is 1. The number of fused-ring (bicyclic) bond motifs is 4. The number of para-hydroxylation sites is 2. The Labute approximate surface area is 184 Å². The quantitative estimate of drug-likeness (QED) is 0.730. The van der Waals surface area contributed by atoms with Crippen LogP contribution in [0.5, 0.6) is 5.75 Å². The molecule has 0 radical (unpaired) electrons. The molecule has 1 N–H and O–H groups in total. The van der Waals surface area contributed by atoms with Crippen molar-refractivity contribution in [3.8, 4) is 5.75 Å². The van der Waals surface area contributed by atoms with Gasteiger partial charge >= 0.3 is 6.09 Å². The summed E-state index contributed by atoms with van der Waals surface area (Å²) in [5.41, 5.74) is 2.06. The molecule has 3 aliphatic rings. The number of piperidine rings is 2. The first-order chi connectivity index (χ1) is 15.2. The third-order valence-corrected chi connectivity index (χ3v) is 7.53. The molecule has 3 unspecified atom stereocenters. The predicted molar refractivity (Wildman–Crippen MR) is 121 cm³/mol. The second-order valence-electron chi connectivity index (χ2n) is 9.22. The molecular weight excluding hydrogens is 388 g/mol. The Bertz CT molecular complexity index is 903. The van der Waals surface area contributed by atoms with Crippen LogP contribution in [-0.4, -0.2) is 42.8 Å². The van der Waals surface area contributed by atoms with Gasteiger partial charge in [0.25, 0.3) is 0 Å². The smallest absolute Gasteiger partial charge is 0.412 e. The van der Waals surface area contributed by atoms with Gasteiger partial charge < -0.3 is 9.47 Å². The van der Waals surface area contributed by atoms with Crippen molar-refractivity contribution >= 4 is 11.8 Å². The number of hydrogen-bond donors (Lipinski definition) is 1. The van der Waals surface area contributed by atoms with E-state index in [4.69, 9.17) is 9.47 Å². The molecule has 2 aromatic carbocycles. The van der Waals surface area contributed by atoms with Gasteiger partial charge in [0.1, 0.15) is 11.9 Å². The summed E-state index contributed by atoms with van der Waals surface area (Å²) in [5, 5.41) is 2.89. The van der Waals surface area contributed by atoms with Crippen LogP contribution in [0, 0.1) is 11.8 Å². The fraction of sp³-hybridized carbons (Fsp3) is 0.500. The van der Waals surface area contributed by atoms with Crippen molar-refractivity contribution in [3.63, 3.8) is 0 Å². The third-order valence-electron chi connectivity index (χ3n) is 7.53. The van der Waals surface area contributed by atoms with Crippen molar-refractivity contribution < 1.29 is 14.3 Å². The zero-order valence-corrected chi connectivity index (χ0v) is 18.2. The highest BCUT2D eigenvalue weighted by Gasteiger charge is 2.52. The van der Waals surface area contributed by atoms with E-state index in [-0.39, 0.29) is 12.2 Å². The minimum Gasteiger partial charge on any atom is -0.495 e. The Balaban J connectivity index is 1.30. The minimum atomic E-state index is -0.371. The second-order valence-corrected chi connectivity index (χ2v) is 9.22. The van der Waals surface area contributed by atoms with E-state index in [1.54, 1.807) is 7.11 Å². The van der Waals surface area contributed by atoms with Crippen LogP contribution in [-0.2, 0) is 11.2 Å². The molecule has 2 aromatic rings. The Morgan fingerprint density at radius 3 is 2.71 bits per heavy atom. The SMILES string of the molecule is COc1ccccc1NC(=O)OC1CC2CC1[C@H]1CCCCN1[C@H]2Cc1ccccc1. The van der Waals surface area contributed by atoms with Crippen molar-refractivity contribution in [2.24, 2.45) is 11.8 Å². The van der Waals surface area contributed by atoms with Crippen LogP contribution in [0.2, 0.25) is 0 Å². The lowest BCUT2D eigenvalue weighted by atomic mass is 9.79. The van der Waals surface area contributed by atoms with Gasteiger partial charge in [0.2, 0.25) is 0 Å². The fourth-order valence-corrected chi connectivity index (χ4v) is 6.21. The molecule has 3 fully saturated rings. The summed E-state index contributed by atoms with van der Waals surface area (Å²) in [4.78, 5) is 15.5. The molecule has 5 atom stereocenters. The Hall–Kier alpha value is -2.53. The molecule has 0 spiro atoms. The van der Waals surface area contributed by atoms with Crippen LogP contribution in [0.15, 0.2) is 54.6 Å². The summed E-state index contributed by atoms with van der Waals surface area (Å²) in [5.74, 6) is 1.68. The van der Waals surface area contributed by atoms with Gasteiger partial charge in [-0.3, -0.25) is 10.2 Å². The molecule has 1 saturated carbocycles. The average molecular weight is 421 g/mol. The number of methoxy groups -OCH3 is 1. The van der Waals surface area contributed by atoms with Gasteiger partial charge in [-0.25, -0.2) is 4.79 Å². The number of amides is 1. The topological polar surface area (TPSA) is 50.8 Å². The van der Waals surface area contributed by atoms with E-state index in [1.165, 1.54) is 37.8 Å². The lowest BCUT2D eigenvalue weighted by Gasteiger charge is -2.49. The average Bonchev–Trinajstić information content (AvgIpc) is 3.17. The molecule has 1 amide bonds. The lowest BCUT2D eigenvalue weighted by molar-refractivity contribution is -0.0144. The molecule has 2 bridgehead atoms. The highest BCUT2D eigenvalue weighted by molar-refractivity contribution is 5.86. The normalized spacial score (nSPS) is 29.8. The molecule has 31 heavy (non-hydrogen) atoms. The van der Waals surface area contributed by atoms with Gasteiger partial charge in [-0.2, -0.15) is 0 Å². The van der Waals surface area contributed by atoms with Gasteiger partial charge in [0.05, 0.1) is 12.8 Å². The molecule has 2 aliphatic heterocycles. The first-order valence-electron chi connectivity index (χ1n) is 11.6. The number of anilines is 1. The Morgan fingerprint density at radius 2 is 1.87 bits per heavy atom. The van der Waals surface area contributed by atoms with Gasteiger partial charge in [0, 0.05) is 18.0 Å². The molecule has 164 valence electrons. The van der Waals surface area contributed by atoms with E-state index in [1.807, 2.05) is 24.3 Å². The van der Waals surface area contributed by atoms with E-state index in [9.17, 15) is 4.79 Å². The van der Waals surface area contributed by atoms with Crippen LogP contribution >= 0.6 is 0 Å². The number of hydrogen-bond acceptors (Lipinski definition) is 4. The van der Waals surface area contributed by atoms with E-state index >= 15 is 0 Å². The molecule has 0 aromatic heterocycles. The summed E-state index contributed by atoms with van der Waals surface area (Å²) in [7, 11) is 1.61. The van der Waals surface area contributed by atoms with E-state index in [2.05, 4.69) is 40.5 Å². The maximum atomic E-state index is 12.8. The first kappa shape index (κ1) is 20.4. The summed E-state index contributed by atoms with van der Waals surface area (Å²) in [6.45, 7) is 1.18. The number of nitrogens with one attached hydrogen (secondary N) is 1. The van der Waals surface area contributed by atoms with Crippen molar-refractivity contribution in [1.82, 2.24) is 4.90 Å². The lowest BCUT2D eigenvalue weighted by Crippen LogP contribution is -2.55. The van der Waals surface area contributed by atoms with E-state index in [0.29, 0.717) is 35.4 Å². The van der Waals surface area contributed by atoms with Crippen molar-refractivity contribution in [3.05, 3.63) is 60.2 Å².